The van der Waals surface area contributed by atoms with E-state index in [1.165, 1.54) is 0 Å². The summed E-state index contributed by atoms with van der Waals surface area (Å²) in [6.45, 7) is 1.82. The molecule has 0 radical (unpaired) electrons. The molecule has 1 aliphatic heterocycles. The van der Waals surface area contributed by atoms with E-state index in [2.05, 4.69) is 15.1 Å². The molecule has 0 aliphatic carbocycles. The van der Waals surface area contributed by atoms with Crippen molar-refractivity contribution in [2.45, 2.75) is 18.9 Å². The van der Waals surface area contributed by atoms with Crippen molar-refractivity contribution in [3.8, 4) is 0 Å². The topological polar surface area (TPSA) is 75.3 Å². The monoisotopic (exact) mass is 249 g/mol. The summed E-state index contributed by atoms with van der Waals surface area (Å²) in [5, 5.41) is 8.00. The molecule has 18 heavy (non-hydrogen) atoms. The lowest BCUT2D eigenvalue weighted by molar-refractivity contribution is -0.130. The highest BCUT2D eigenvalue weighted by Gasteiger charge is 2.26. The molecular formula is C12H19N5O. The number of rotatable bonds is 3. The van der Waals surface area contributed by atoms with Crippen LogP contribution < -0.4 is 10.6 Å². The first-order chi connectivity index (χ1) is 8.72. The summed E-state index contributed by atoms with van der Waals surface area (Å²) in [6, 6.07) is 4.03. The maximum Gasteiger partial charge on any atom is 0.236 e. The zero-order valence-electron chi connectivity index (χ0n) is 10.6. The SMILES string of the molecule is CN(C(=O)CN)C1CCCN(c2cccnn2)C1. The van der Waals surface area contributed by atoms with Crippen molar-refractivity contribution in [3.05, 3.63) is 18.3 Å². The second-order valence-electron chi connectivity index (χ2n) is 4.53. The molecule has 2 heterocycles. The van der Waals surface area contributed by atoms with Gasteiger partial charge in [0, 0.05) is 32.4 Å². The van der Waals surface area contributed by atoms with Crippen LogP contribution in [0.15, 0.2) is 18.3 Å². The average Bonchev–Trinajstić information content (AvgIpc) is 2.46. The minimum absolute atomic E-state index is 0.0130. The molecule has 1 aliphatic rings. The number of carbonyl (C=O) groups excluding carboxylic acids is 1. The van der Waals surface area contributed by atoms with E-state index >= 15 is 0 Å². The summed E-state index contributed by atoms with van der Waals surface area (Å²) in [4.78, 5) is 15.5. The molecular weight excluding hydrogens is 230 g/mol. The van der Waals surface area contributed by atoms with Crippen LogP contribution in [-0.4, -0.2) is 53.7 Å². The normalized spacial score (nSPS) is 19.7. The number of hydrogen-bond donors (Lipinski definition) is 1. The molecule has 6 nitrogen and oxygen atoms in total. The van der Waals surface area contributed by atoms with Gasteiger partial charge in [0.1, 0.15) is 0 Å². The minimum Gasteiger partial charge on any atom is -0.353 e. The van der Waals surface area contributed by atoms with E-state index in [0.29, 0.717) is 0 Å². The number of nitrogens with zero attached hydrogens (tertiary/aromatic N) is 4. The largest absolute Gasteiger partial charge is 0.353 e. The van der Waals surface area contributed by atoms with Gasteiger partial charge in [0.15, 0.2) is 5.82 Å². The Morgan fingerprint density at radius 2 is 2.50 bits per heavy atom. The Hall–Kier alpha value is -1.69. The summed E-state index contributed by atoms with van der Waals surface area (Å²) in [5.74, 6) is 0.858. The van der Waals surface area contributed by atoms with Gasteiger partial charge in [0.25, 0.3) is 0 Å². The fraction of sp³-hybridized carbons (Fsp3) is 0.583. The first kappa shape index (κ1) is 12.8. The van der Waals surface area contributed by atoms with Gasteiger partial charge in [0.2, 0.25) is 5.91 Å². The number of aromatic nitrogens is 2. The van der Waals surface area contributed by atoms with Crippen molar-refractivity contribution >= 4 is 11.7 Å². The van der Waals surface area contributed by atoms with Crippen molar-refractivity contribution in [1.82, 2.24) is 15.1 Å². The third-order valence-corrected chi connectivity index (χ3v) is 3.39. The maximum atomic E-state index is 11.6. The summed E-state index contributed by atoms with van der Waals surface area (Å²) >= 11 is 0. The van der Waals surface area contributed by atoms with Crippen LogP contribution in [0.1, 0.15) is 12.8 Å². The Morgan fingerprint density at radius 1 is 1.67 bits per heavy atom. The molecule has 2 rings (SSSR count). The number of anilines is 1. The quantitative estimate of drug-likeness (QED) is 0.807. The van der Waals surface area contributed by atoms with Crippen LogP contribution in [0.2, 0.25) is 0 Å². The van der Waals surface area contributed by atoms with E-state index in [9.17, 15) is 4.79 Å². The van der Waals surface area contributed by atoms with Crippen molar-refractivity contribution < 1.29 is 4.79 Å². The first-order valence-corrected chi connectivity index (χ1v) is 6.20. The lowest BCUT2D eigenvalue weighted by atomic mass is 10.0. The summed E-state index contributed by atoms with van der Waals surface area (Å²) in [7, 11) is 1.82. The van der Waals surface area contributed by atoms with Crippen LogP contribution in [0, 0.1) is 0 Å². The van der Waals surface area contributed by atoms with E-state index in [1.807, 2.05) is 19.2 Å². The van der Waals surface area contributed by atoms with Gasteiger partial charge in [-0.05, 0) is 25.0 Å². The number of amides is 1. The van der Waals surface area contributed by atoms with Crippen LogP contribution >= 0.6 is 0 Å². The zero-order valence-corrected chi connectivity index (χ0v) is 10.6. The van der Waals surface area contributed by atoms with Gasteiger partial charge in [-0.2, -0.15) is 5.10 Å². The molecule has 1 atom stereocenters. The molecule has 0 saturated carbocycles. The number of carbonyl (C=O) groups is 1. The van der Waals surface area contributed by atoms with E-state index in [0.717, 1.165) is 31.7 Å². The Labute approximate surface area is 107 Å². The zero-order chi connectivity index (χ0) is 13.0. The Bertz CT molecular complexity index is 397. The van der Waals surface area contributed by atoms with Gasteiger partial charge in [-0.3, -0.25) is 4.79 Å². The molecule has 2 N–H and O–H groups in total. The van der Waals surface area contributed by atoms with Gasteiger partial charge >= 0.3 is 0 Å². The van der Waals surface area contributed by atoms with Gasteiger partial charge in [-0.25, -0.2) is 0 Å². The Morgan fingerprint density at radius 3 is 3.17 bits per heavy atom. The maximum absolute atomic E-state index is 11.6. The number of hydrogen-bond acceptors (Lipinski definition) is 5. The van der Waals surface area contributed by atoms with Crippen molar-refractivity contribution in [1.29, 1.82) is 0 Å². The van der Waals surface area contributed by atoms with Crippen molar-refractivity contribution in [2.24, 2.45) is 5.73 Å². The molecule has 98 valence electrons. The number of likely N-dealkylation sites (N-methyl/N-ethyl adjacent to an activating group) is 1. The molecule has 6 heteroatoms. The first-order valence-electron chi connectivity index (χ1n) is 6.20. The molecule has 1 saturated heterocycles. The highest BCUT2D eigenvalue weighted by molar-refractivity contribution is 5.78. The van der Waals surface area contributed by atoms with Crippen molar-refractivity contribution in [3.63, 3.8) is 0 Å². The highest BCUT2D eigenvalue weighted by Crippen LogP contribution is 2.19. The summed E-state index contributed by atoms with van der Waals surface area (Å²) in [6.07, 6.45) is 3.72. The molecule has 1 aromatic heterocycles. The Balaban J connectivity index is 2.03. The van der Waals surface area contributed by atoms with E-state index in [-0.39, 0.29) is 18.5 Å². The molecule has 1 aromatic rings. The lowest BCUT2D eigenvalue weighted by Gasteiger charge is -2.37. The van der Waals surface area contributed by atoms with Crippen LogP contribution in [0.25, 0.3) is 0 Å². The molecule has 0 bridgehead atoms. The van der Waals surface area contributed by atoms with E-state index < -0.39 is 0 Å². The fourth-order valence-corrected chi connectivity index (χ4v) is 2.29. The highest BCUT2D eigenvalue weighted by atomic mass is 16.2. The van der Waals surface area contributed by atoms with Gasteiger partial charge in [-0.1, -0.05) is 0 Å². The van der Waals surface area contributed by atoms with Crippen LogP contribution in [0.3, 0.4) is 0 Å². The number of piperidine rings is 1. The third-order valence-electron chi connectivity index (χ3n) is 3.39. The van der Waals surface area contributed by atoms with Crippen LogP contribution in [-0.2, 0) is 4.79 Å². The second-order valence-corrected chi connectivity index (χ2v) is 4.53. The van der Waals surface area contributed by atoms with Gasteiger partial charge < -0.3 is 15.5 Å². The average molecular weight is 249 g/mol. The molecule has 0 aromatic carbocycles. The van der Waals surface area contributed by atoms with Crippen LogP contribution in [0.5, 0.6) is 0 Å². The molecule has 1 amide bonds. The summed E-state index contributed by atoms with van der Waals surface area (Å²) < 4.78 is 0. The predicted molar refractivity (Wildman–Crippen MR) is 69.1 cm³/mol. The Kier molecular flexibility index (Phi) is 4.09. The van der Waals surface area contributed by atoms with Gasteiger partial charge in [0.05, 0.1) is 6.54 Å². The van der Waals surface area contributed by atoms with Crippen LogP contribution in [0.4, 0.5) is 5.82 Å². The fourth-order valence-electron chi connectivity index (χ4n) is 2.29. The third kappa shape index (κ3) is 2.76. The predicted octanol–water partition coefficient (Wildman–Crippen LogP) is -0.138. The molecule has 1 fully saturated rings. The molecule has 1 unspecified atom stereocenters. The molecule has 0 spiro atoms. The van der Waals surface area contributed by atoms with E-state index in [4.69, 9.17) is 5.73 Å². The smallest absolute Gasteiger partial charge is 0.236 e. The number of nitrogens with two attached hydrogens (primary N) is 1. The van der Waals surface area contributed by atoms with Gasteiger partial charge in [-0.15, -0.1) is 5.10 Å². The summed E-state index contributed by atoms with van der Waals surface area (Å²) in [5.41, 5.74) is 5.40. The standard InChI is InChI=1S/C12H19N5O/c1-16(12(18)8-13)10-4-3-7-17(9-10)11-5-2-6-14-15-11/h2,5-6,10H,3-4,7-9,13H2,1H3. The van der Waals surface area contributed by atoms with E-state index in [1.54, 1.807) is 11.1 Å². The van der Waals surface area contributed by atoms with Crippen molar-refractivity contribution in [2.75, 3.05) is 31.6 Å². The minimum atomic E-state index is -0.0130. The lowest BCUT2D eigenvalue weighted by Crippen LogP contribution is -2.50. The second kappa shape index (κ2) is 5.77.